The summed E-state index contributed by atoms with van der Waals surface area (Å²) in [5.41, 5.74) is 2.27. The highest BCUT2D eigenvalue weighted by Gasteiger charge is 2.45. The lowest BCUT2D eigenvalue weighted by Crippen LogP contribution is -2.15. The highest BCUT2D eigenvalue weighted by molar-refractivity contribution is 6.42. The van der Waals surface area contributed by atoms with Crippen molar-refractivity contribution in [2.24, 2.45) is 5.92 Å². The van der Waals surface area contributed by atoms with E-state index in [1.54, 1.807) is 19.9 Å². The number of halogens is 2. The number of aryl methyl sites for hydroxylation is 2. The Labute approximate surface area is 132 Å². The standard InChI is InChI=1S/C15H14Cl2N2O2/c1-7-14(8(2)21-19-7)18-15(20)11-6-10(11)9-4-3-5-12(16)13(9)17/h3-5,10-11H,6H2,1-2H3,(H,18,20)/t10-,11-/m0/s1. The van der Waals surface area contributed by atoms with Crippen molar-refractivity contribution in [3.63, 3.8) is 0 Å². The molecule has 4 nitrogen and oxygen atoms in total. The molecular formula is C15H14Cl2N2O2. The Morgan fingerprint density at radius 3 is 2.81 bits per heavy atom. The number of carbonyl (C=O) groups excluding carboxylic acids is 1. The van der Waals surface area contributed by atoms with Gasteiger partial charge in [-0.3, -0.25) is 4.79 Å². The zero-order chi connectivity index (χ0) is 15.1. The van der Waals surface area contributed by atoms with Gasteiger partial charge in [0.2, 0.25) is 5.91 Å². The van der Waals surface area contributed by atoms with Gasteiger partial charge in [-0.2, -0.15) is 0 Å². The summed E-state index contributed by atoms with van der Waals surface area (Å²) in [4.78, 5) is 12.3. The fourth-order valence-electron chi connectivity index (χ4n) is 2.51. The molecule has 0 bridgehead atoms. The van der Waals surface area contributed by atoms with Crippen LogP contribution in [-0.4, -0.2) is 11.1 Å². The molecule has 0 saturated heterocycles. The van der Waals surface area contributed by atoms with Crippen molar-refractivity contribution in [3.05, 3.63) is 45.3 Å². The number of nitrogens with zero attached hydrogens (tertiary/aromatic N) is 1. The summed E-state index contributed by atoms with van der Waals surface area (Å²) in [7, 11) is 0. The van der Waals surface area contributed by atoms with Crippen LogP contribution >= 0.6 is 23.2 Å². The van der Waals surface area contributed by atoms with Gasteiger partial charge in [0.15, 0.2) is 5.76 Å². The van der Waals surface area contributed by atoms with Gasteiger partial charge in [-0.15, -0.1) is 0 Å². The number of rotatable bonds is 3. The number of amides is 1. The monoisotopic (exact) mass is 324 g/mol. The molecule has 2 atom stereocenters. The van der Waals surface area contributed by atoms with E-state index in [-0.39, 0.29) is 17.7 Å². The minimum absolute atomic E-state index is 0.0366. The summed E-state index contributed by atoms with van der Waals surface area (Å²) >= 11 is 12.2. The van der Waals surface area contributed by atoms with Gasteiger partial charge in [0.25, 0.3) is 0 Å². The molecule has 3 rings (SSSR count). The van der Waals surface area contributed by atoms with Crippen LogP contribution in [-0.2, 0) is 4.79 Å². The highest BCUT2D eigenvalue weighted by atomic mass is 35.5. The molecular weight excluding hydrogens is 311 g/mol. The third kappa shape index (κ3) is 2.65. The molecule has 1 saturated carbocycles. The minimum Gasteiger partial charge on any atom is -0.359 e. The normalized spacial score (nSPS) is 20.4. The number of aromatic nitrogens is 1. The van der Waals surface area contributed by atoms with Crippen LogP contribution in [0.2, 0.25) is 10.0 Å². The Bertz CT molecular complexity index is 692. The van der Waals surface area contributed by atoms with Gasteiger partial charge in [-0.05, 0) is 37.8 Å². The molecule has 1 aromatic heterocycles. The second kappa shape index (κ2) is 5.35. The van der Waals surface area contributed by atoms with Gasteiger partial charge < -0.3 is 9.84 Å². The maximum Gasteiger partial charge on any atom is 0.228 e. The topological polar surface area (TPSA) is 55.1 Å². The lowest BCUT2D eigenvalue weighted by molar-refractivity contribution is -0.117. The van der Waals surface area contributed by atoms with Crippen molar-refractivity contribution in [1.29, 1.82) is 0 Å². The third-order valence-electron chi connectivity index (χ3n) is 3.79. The van der Waals surface area contributed by atoms with E-state index in [0.717, 1.165) is 12.0 Å². The minimum atomic E-state index is -0.0883. The zero-order valence-electron chi connectivity index (χ0n) is 11.6. The summed E-state index contributed by atoms with van der Waals surface area (Å²) in [5, 5.41) is 7.76. The smallest absolute Gasteiger partial charge is 0.228 e. The quantitative estimate of drug-likeness (QED) is 0.913. The van der Waals surface area contributed by atoms with Crippen LogP contribution in [0, 0.1) is 19.8 Å². The third-order valence-corrected chi connectivity index (χ3v) is 4.62. The lowest BCUT2D eigenvalue weighted by Gasteiger charge is -2.06. The first-order chi connectivity index (χ1) is 9.99. The molecule has 1 amide bonds. The van der Waals surface area contributed by atoms with Gasteiger partial charge in [-0.25, -0.2) is 0 Å². The summed E-state index contributed by atoms with van der Waals surface area (Å²) < 4.78 is 5.04. The van der Waals surface area contributed by atoms with Gasteiger partial charge in [-0.1, -0.05) is 40.5 Å². The van der Waals surface area contributed by atoms with E-state index in [1.165, 1.54) is 0 Å². The number of benzene rings is 1. The van der Waals surface area contributed by atoms with Crippen LogP contribution in [0.4, 0.5) is 5.69 Å². The molecule has 1 N–H and O–H groups in total. The molecule has 110 valence electrons. The molecule has 1 aliphatic carbocycles. The van der Waals surface area contributed by atoms with Gasteiger partial charge in [0.1, 0.15) is 11.4 Å². The van der Waals surface area contributed by atoms with Crippen molar-refractivity contribution in [1.82, 2.24) is 5.16 Å². The Balaban J connectivity index is 1.73. The van der Waals surface area contributed by atoms with Crippen LogP contribution < -0.4 is 5.32 Å². The van der Waals surface area contributed by atoms with Crippen LogP contribution in [0.3, 0.4) is 0 Å². The predicted octanol–water partition coefficient (Wildman–Crippen LogP) is 4.34. The second-order valence-corrected chi connectivity index (χ2v) is 6.07. The Morgan fingerprint density at radius 2 is 2.14 bits per heavy atom. The fourth-order valence-corrected chi connectivity index (χ4v) is 2.96. The molecule has 1 heterocycles. The molecule has 0 radical (unpaired) electrons. The largest absolute Gasteiger partial charge is 0.359 e. The molecule has 1 aromatic carbocycles. The number of hydrogen-bond donors (Lipinski definition) is 1. The zero-order valence-corrected chi connectivity index (χ0v) is 13.1. The van der Waals surface area contributed by atoms with E-state index < -0.39 is 0 Å². The predicted molar refractivity (Wildman–Crippen MR) is 81.9 cm³/mol. The van der Waals surface area contributed by atoms with E-state index in [9.17, 15) is 4.79 Å². The lowest BCUT2D eigenvalue weighted by atomic mass is 10.1. The van der Waals surface area contributed by atoms with Gasteiger partial charge >= 0.3 is 0 Å². The second-order valence-electron chi connectivity index (χ2n) is 5.28. The Hall–Kier alpha value is -1.52. The molecule has 0 aliphatic heterocycles. The Kier molecular flexibility index (Phi) is 3.68. The molecule has 2 aromatic rings. The van der Waals surface area contributed by atoms with Gasteiger partial charge in [0, 0.05) is 5.92 Å². The SMILES string of the molecule is Cc1noc(C)c1NC(=O)[C@H]1C[C@H]1c1cccc(Cl)c1Cl. The summed E-state index contributed by atoms with van der Waals surface area (Å²) in [6.07, 6.45) is 0.773. The van der Waals surface area contributed by atoms with Crippen molar-refractivity contribution >= 4 is 34.8 Å². The maximum absolute atomic E-state index is 12.3. The molecule has 0 unspecified atom stereocenters. The van der Waals surface area contributed by atoms with Crippen LogP contribution in [0.5, 0.6) is 0 Å². The van der Waals surface area contributed by atoms with Crippen molar-refractivity contribution in [2.75, 3.05) is 5.32 Å². The molecule has 0 spiro atoms. The average Bonchev–Trinajstić information content (AvgIpc) is 3.19. The first kappa shape index (κ1) is 14.4. The first-order valence-electron chi connectivity index (χ1n) is 6.66. The van der Waals surface area contributed by atoms with Crippen molar-refractivity contribution < 1.29 is 9.32 Å². The van der Waals surface area contributed by atoms with Crippen molar-refractivity contribution in [2.45, 2.75) is 26.2 Å². The number of nitrogens with one attached hydrogen (secondary N) is 1. The van der Waals surface area contributed by atoms with Crippen LogP contribution in [0.15, 0.2) is 22.7 Å². The number of anilines is 1. The van der Waals surface area contributed by atoms with Crippen LogP contribution in [0.1, 0.15) is 29.4 Å². The highest BCUT2D eigenvalue weighted by Crippen LogP contribution is 2.51. The summed E-state index contributed by atoms with van der Waals surface area (Å²) in [6.45, 7) is 3.57. The van der Waals surface area contributed by atoms with Gasteiger partial charge in [0.05, 0.1) is 10.0 Å². The summed E-state index contributed by atoms with van der Waals surface area (Å²) in [6, 6.07) is 5.52. The van der Waals surface area contributed by atoms with E-state index in [1.807, 2.05) is 12.1 Å². The fraction of sp³-hybridized carbons (Fsp3) is 0.333. The van der Waals surface area contributed by atoms with Crippen LogP contribution in [0.25, 0.3) is 0 Å². The van der Waals surface area contributed by atoms with E-state index in [0.29, 0.717) is 27.2 Å². The van der Waals surface area contributed by atoms with E-state index in [2.05, 4.69) is 10.5 Å². The molecule has 1 fully saturated rings. The molecule has 21 heavy (non-hydrogen) atoms. The number of carbonyl (C=O) groups is 1. The molecule has 6 heteroatoms. The number of hydrogen-bond acceptors (Lipinski definition) is 3. The maximum atomic E-state index is 12.3. The molecule has 1 aliphatic rings. The van der Waals surface area contributed by atoms with Crippen molar-refractivity contribution in [3.8, 4) is 0 Å². The van der Waals surface area contributed by atoms with E-state index >= 15 is 0 Å². The first-order valence-corrected chi connectivity index (χ1v) is 7.42. The average molecular weight is 325 g/mol. The van der Waals surface area contributed by atoms with E-state index in [4.69, 9.17) is 27.7 Å². The summed E-state index contributed by atoms with van der Waals surface area (Å²) in [5.74, 6) is 0.607. The Morgan fingerprint density at radius 1 is 1.38 bits per heavy atom.